The summed E-state index contributed by atoms with van der Waals surface area (Å²) in [6.07, 6.45) is -67.8. The van der Waals surface area contributed by atoms with Gasteiger partial charge in [-0.3, -0.25) is 4.79 Å². The average molecular weight is 1200 g/mol. The first-order chi connectivity index (χ1) is 38.3. The Labute approximate surface area is 458 Å². The molecule has 6 rings (SSSR count). The Kier molecular flexibility index (Phi) is 25.4. The quantitative estimate of drug-likeness (QED) is 0.0427. The summed E-state index contributed by atoms with van der Waals surface area (Å²) in [6.45, 7) is -7.21. The normalized spacial score (nSPS) is 47.8. The molecule has 0 bridgehead atoms. The van der Waals surface area contributed by atoms with Crippen molar-refractivity contribution in [3.8, 4) is 0 Å². The highest BCUT2D eigenvalue weighted by atomic mass is 16.8. The lowest BCUT2D eigenvalue weighted by atomic mass is 9.95. The second-order valence-corrected chi connectivity index (χ2v) is 20.1. The van der Waals surface area contributed by atoms with Gasteiger partial charge in [0.2, 0.25) is 5.91 Å². The van der Waals surface area contributed by atoms with Crippen molar-refractivity contribution in [1.82, 2.24) is 5.32 Å². The Bertz CT molecular complexity index is 1890. The van der Waals surface area contributed by atoms with Gasteiger partial charge >= 0.3 is 0 Å². The van der Waals surface area contributed by atoms with E-state index in [2.05, 4.69) is 5.32 Å². The first kappa shape index (κ1) is 68.2. The van der Waals surface area contributed by atoms with E-state index in [-0.39, 0.29) is 0 Å². The maximum Gasteiger partial charge on any atom is 0.217 e. The fourth-order valence-electron chi connectivity index (χ4n) is 9.76. The van der Waals surface area contributed by atoms with Gasteiger partial charge < -0.3 is 180 Å². The molecule has 0 aromatic heterocycles. The topological polar surface area (TPSA) is 605 Å². The van der Waals surface area contributed by atoms with Crippen LogP contribution in [0.3, 0.4) is 0 Å². The van der Waals surface area contributed by atoms with Crippen molar-refractivity contribution in [2.75, 3.05) is 52.9 Å². The molecule has 6 fully saturated rings. The molecule has 0 unspecified atom stereocenters. The highest BCUT2D eigenvalue weighted by molar-refractivity contribution is 5.73. The Balaban J connectivity index is 1.34. The van der Waals surface area contributed by atoms with Crippen LogP contribution < -0.4 is 5.32 Å². The minimum absolute atomic E-state index is 0.822. The SMILES string of the molecule is CC(=O)N[C@@H](CO)[C@@H](O)[C@H](O[C@@H]1O[C@H](CO[C@H]2O[C@H](CO[C@H]3O[C@H](CO)[C@@H](O)[C@H](O)[C@@H]3O)[C@@H](O)[C@H](O[C@H]3O[C@H](CO)[C@@H](O)[C@H](O)[C@@H]3O)[C@@H]2O)[C@@H](O)[C@H](O[C@H]2O[C@H](CO)[C@@H](O)[C@H](O)[C@@H]2O[C@H]2O[C@H](CO)[C@@H](O)[C@H](O)[C@@H]2O)[C@@H]1O)[C@H](O)CO. The molecule has 474 valence electrons. The van der Waals surface area contributed by atoms with Crippen LogP contribution in [0.4, 0.5) is 0 Å². The van der Waals surface area contributed by atoms with Gasteiger partial charge in [0.25, 0.3) is 0 Å². The van der Waals surface area contributed by atoms with Crippen LogP contribution in [-0.2, 0) is 61.6 Å². The summed E-state index contributed by atoms with van der Waals surface area (Å²) in [5.74, 6) is -0.822. The van der Waals surface area contributed by atoms with Gasteiger partial charge in [-0.1, -0.05) is 0 Å². The minimum Gasteiger partial charge on any atom is -0.394 e. The van der Waals surface area contributed by atoms with Gasteiger partial charge in [-0.2, -0.15) is 0 Å². The first-order valence-electron chi connectivity index (χ1n) is 25.6. The average Bonchev–Trinajstić information content (AvgIpc) is 3.50. The van der Waals surface area contributed by atoms with Gasteiger partial charge in [-0.25, -0.2) is 0 Å². The maximum absolute atomic E-state index is 12.0. The minimum atomic E-state index is -2.44. The molecular weight excluding hydrogens is 1120 g/mol. The summed E-state index contributed by atoms with van der Waals surface area (Å²) in [6, 6.07) is -1.67. The Morgan fingerprint density at radius 2 is 0.741 bits per heavy atom. The van der Waals surface area contributed by atoms with Crippen LogP contribution in [0.5, 0.6) is 0 Å². The van der Waals surface area contributed by atoms with Crippen LogP contribution >= 0.6 is 0 Å². The molecule has 6 heterocycles. The van der Waals surface area contributed by atoms with Crippen LogP contribution in [0.25, 0.3) is 0 Å². The van der Waals surface area contributed by atoms with E-state index in [0.717, 1.165) is 6.92 Å². The molecule has 37 nitrogen and oxygen atoms in total. The van der Waals surface area contributed by atoms with Crippen LogP contribution in [0.1, 0.15) is 6.92 Å². The lowest BCUT2D eigenvalue weighted by Crippen LogP contribution is -2.68. The smallest absolute Gasteiger partial charge is 0.217 e. The van der Waals surface area contributed by atoms with E-state index in [1.54, 1.807) is 0 Å². The molecule has 0 aromatic carbocycles. The number of ether oxygens (including phenoxy) is 12. The molecule has 6 aliphatic rings. The van der Waals surface area contributed by atoms with E-state index in [1.807, 2.05) is 0 Å². The maximum atomic E-state index is 12.0. The van der Waals surface area contributed by atoms with Crippen LogP contribution in [0.15, 0.2) is 0 Å². The predicted octanol–water partition coefficient (Wildman–Crippen LogP) is -16.5. The van der Waals surface area contributed by atoms with Crippen LogP contribution in [0, 0.1) is 0 Å². The molecule has 0 saturated carbocycles. The number of hydrogen-bond donors (Lipinski definition) is 24. The zero-order valence-electron chi connectivity index (χ0n) is 42.9. The first-order valence-corrected chi connectivity index (χ1v) is 25.6. The van der Waals surface area contributed by atoms with Gasteiger partial charge in [-0.15, -0.1) is 0 Å². The second kappa shape index (κ2) is 30.1. The van der Waals surface area contributed by atoms with Crippen molar-refractivity contribution in [3.63, 3.8) is 0 Å². The highest BCUT2D eigenvalue weighted by Crippen LogP contribution is 2.36. The number of rotatable bonds is 24. The van der Waals surface area contributed by atoms with E-state index in [4.69, 9.17) is 56.8 Å². The van der Waals surface area contributed by atoms with Crippen molar-refractivity contribution >= 4 is 5.91 Å². The van der Waals surface area contributed by atoms with Crippen molar-refractivity contribution in [1.29, 1.82) is 0 Å². The molecule has 0 radical (unpaired) electrons. The molecule has 34 atom stereocenters. The van der Waals surface area contributed by atoms with Crippen molar-refractivity contribution in [2.24, 2.45) is 0 Å². The van der Waals surface area contributed by atoms with Crippen LogP contribution in [-0.4, -0.2) is 385 Å². The lowest BCUT2D eigenvalue weighted by Gasteiger charge is -2.49. The largest absolute Gasteiger partial charge is 0.394 e. The molecule has 0 spiro atoms. The van der Waals surface area contributed by atoms with Crippen molar-refractivity contribution in [2.45, 2.75) is 216 Å². The fraction of sp³-hybridized carbons (Fsp3) is 0.977. The summed E-state index contributed by atoms with van der Waals surface area (Å²) < 4.78 is 68.1. The van der Waals surface area contributed by atoms with Gasteiger partial charge in [0, 0.05) is 6.92 Å². The van der Waals surface area contributed by atoms with E-state index in [9.17, 15) is 122 Å². The molecule has 0 aliphatic carbocycles. The number of aliphatic hydroxyl groups is 23. The molecule has 81 heavy (non-hydrogen) atoms. The van der Waals surface area contributed by atoms with Gasteiger partial charge in [0.15, 0.2) is 37.7 Å². The fourth-order valence-corrected chi connectivity index (χ4v) is 9.76. The second-order valence-electron chi connectivity index (χ2n) is 20.1. The van der Waals surface area contributed by atoms with E-state index < -0.39 is 267 Å². The zero-order chi connectivity index (χ0) is 60.1. The number of amides is 1. The van der Waals surface area contributed by atoms with Gasteiger partial charge in [0.05, 0.1) is 58.9 Å². The molecule has 24 N–H and O–H groups in total. The van der Waals surface area contributed by atoms with E-state index >= 15 is 0 Å². The molecular formula is C44H77NO36. The molecule has 37 heteroatoms. The lowest BCUT2D eigenvalue weighted by molar-refractivity contribution is -0.395. The summed E-state index contributed by atoms with van der Waals surface area (Å²) >= 11 is 0. The summed E-state index contributed by atoms with van der Waals surface area (Å²) in [4.78, 5) is 12.0. The molecule has 6 saturated heterocycles. The summed E-state index contributed by atoms with van der Waals surface area (Å²) in [5.41, 5.74) is 0. The third kappa shape index (κ3) is 15.3. The van der Waals surface area contributed by atoms with E-state index in [1.165, 1.54) is 0 Å². The summed E-state index contributed by atoms with van der Waals surface area (Å²) in [7, 11) is 0. The third-order valence-electron chi connectivity index (χ3n) is 14.6. The van der Waals surface area contributed by atoms with E-state index in [0.29, 0.717) is 0 Å². The number of nitrogens with one attached hydrogen (secondary N) is 1. The number of aliphatic hydroxyl groups excluding tert-OH is 23. The number of carbonyl (C=O) groups excluding carboxylic acids is 1. The molecule has 6 aliphatic heterocycles. The molecule has 0 aromatic rings. The zero-order valence-corrected chi connectivity index (χ0v) is 42.9. The summed E-state index contributed by atoms with van der Waals surface area (Å²) in [5, 5.41) is 248. The van der Waals surface area contributed by atoms with Crippen LogP contribution in [0.2, 0.25) is 0 Å². The van der Waals surface area contributed by atoms with Crippen molar-refractivity contribution < 1.29 is 179 Å². The van der Waals surface area contributed by atoms with Gasteiger partial charge in [0.1, 0.15) is 165 Å². The standard InChI is InChI=1S/C44H77NO36/c1-10(52)45-11(2-46)19(54)35(12(53)3-47)78-43-34(69)37(80-44-38(29(64)23(58)16(7-51)75-44)81-42-32(67)28(63)22(57)15(6-50)74-42)25(60)18(77-43)9-71-40-33(68)36(79-41-31(66)27(62)21(56)14(5-49)73-41)24(59)17(76-40)8-70-39-30(65)26(61)20(55)13(4-48)72-39/h11-44,46-51,53-69H,2-9H2,1H3,(H,45,52)/t11-,12+,13+,14+,15+,16+,17+,18+,19+,20+,21+,22+,23+,24+,25+,26-,27-,28-,29-,30-,31-,32-,33-,34-,35+,36-,37-,38-,39-,40-,41+,42+,43-,44+/m0/s1. The molecule has 1 amide bonds. The number of hydrogen-bond acceptors (Lipinski definition) is 36. The predicted molar refractivity (Wildman–Crippen MR) is 246 cm³/mol. The van der Waals surface area contributed by atoms with Gasteiger partial charge in [-0.05, 0) is 0 Å². The number of carbonyl (C=O) groups is 1. The van der Waals surface area contributed by atoms with Crippen molar-refractivity contribution in [3.05, 3.63) is 0 Å². The third-order valence-corrected chi connectivity index (χ3v) is 14.6. The Morgan fingerprint density at radius 1 is 0.395 bits per heavy atom. The highest BCUT2D eigenvalue weighted by Gasteiger charge is 2.57. The monoisotopic (exact) mass is 1200 g/mol. The Hall–Kier alpha value is -1.93. The Morgan fingerprint density at radius 3 is 1.16 bits per heavy atom.